The molecule has 0 spiro atoms. The van der Waals surface area contributed by atoms with Gasteiger partial charge in [0.2, 0.25) is 0 Å². The van der Waals surface area contributed by atoms with Crippen LogP contribution < -0.4 is 9.47 Å². The normalized spacial score (nSPS) is 21.2. The maximum Gasteiger partial charge on any atom is 0.161 e. The van der Waals surface area contributed by atoms with Crippen LogP contribution in [0.25, 0.3) is 0 Å². The van der Waals surface area contributed by atoms with Crippen molar-refractivity contribution < 1.29 is 9.47 Å². The minimum absolute atomic E-state index is 0.474. The van der Waals surface area contributed by atoms with Gasteiger partial charge in [-0.1, -0.05) is 6.07 Å². The molecule has 0 radical (unpaired) electrons. The molecule has 1 saturated heterocycles. The van der Waals surface area contributed by atoms with Crippen LogP contribution in [0.5, 0.6) is 11.5 Å². The van der Waals surface area contributed by atoms with Crippen molar-refractivity contribution in [2.75, 3.05) is 19.8 Å². The number of rotatable bonds is 3. The highest BCUT2D eigenvalue weighted by atomic mass is 16.6. The van der Waals surface area contributed by atoms with Crippen molar-refractivity contribution in [3.63, 3.8) is 0 Å². The van der Waals surface area contributed by atoms with E-state index in [0.29, 0.717) is 19.3 Å². The Hall–Kier alpha value is -2.01. The lowest BCUT2D eigenvalue weighted by Gasteiger charge is -2.25. The van der Waals surface area contributed by atoms with Gasteiger partial charge >= 0.3 is 0 Å². The highest BCUT2D eigenvalue weighted by Gasteiger charge is 2.27. The van der Waals surface area contributed by atoms with Crippen molar-refractivity contribution in [2.24, 2.45) is 7.05 Å². The Bertz CT molecular complexity index is 668. The van der Waals surface area contributed by atoms with Crippen LogP contribution in [-0.4, -0.2) is 34.4 Å². The molecule has 1 aromatic heterocycles. The molecule has 0 aliphatic carbocycles. The van der Waals surface area contributed by atoms with Gasteiger partial charge in [0.15, 0.2) is 11.5 Å². The number of aryl methyl sites for hydroxylation is 1. The van der Waals surface area contributed by atoms with Gasteiger partial charge in [-0.25, -0.2) is 0 Å². The van der Waals surface area contributed by atoms with Crippen molar-refractivity contribution in [2.45, 2.75) is 25.4 Å². The fourth-order valence-electron chi connectivity index (χ4n) is 3.43. The van der Waals surface area contributed by atoms with Gasteiger partial charge in [0.25, 0.3) is 0 Å². The molecule has 2 aliphatic rings. The van der Waals surface area contributed by atoms with Crippen LogP contribution in [-0.2, 0) is 13.6 Å². The summed E-state index contributed by atoms with van der Waals surface area (Å²) in [7, 11) is 1.98. The predicted octanol–water partition coefficient (Wildman–Crippen LogP) is 2.53. The molecular weight excluding hydrogens is 278 g/mol. The van der Waals surface area contributed by atoms with E-state index in [0.717, 1.165) is 24.6 Å². The van der Waals surface area contributed by atoms with Crippen LogP contribution in [0.4, 0.5) is 0 Å². The molecule has 1 fully saturated rings. The Balaban J connectivity index is 1.52. The number of likely N-dealkylation sites (tertiary alicyclic amines) is 1. The lowest BCUT2D eigenvalue weighted by Crippen LogP contribution is -2.23. The van der Waals surface area contributed by atoms with Crippen molar-refractivity contribution in [3.8, 4) is 11.5 Å². The molecule has 3 heterocycles. The second-order valence-electron chi connectivity index (χ2n) is 6.05. The summed E-state index contributed by atoms with van der Waals surface area (Å²) in [4.78, 5) is 2.53. The summed E-state index contributed by atoms with van der Waals surface area (Å²) in [6, 6.07) is 6.76. The number of ether oxygens (including phenoxy) is 2. The number of hydrogen-bond acceptors (Lipinski definition) is 4. The van der Waals surface area contributed by atoms with Gasteiger partial charge in [0, 0.05) is 31.4 Å². The Kier molecular flexibility index (Phi) is 3.50. The Labute approximate surface area is 130 Å². The molecule has 1 atom stereocenters. The van der Waals surface area contributed by atoms with Gasteiger partial charge in [0.1, 0.15) is 13.2 Å². The number of benzene rings is 1. The quantitative estimate of drug-likeness (QED) is 0.873. The molecule has 2 aromatic rings. The van der Waals surface area contributed by atoms with E-state index in [1.807, 2.05) is 24.0 Å². The molecule has 1 aromatic carbocycles. The maximum absolute atomic E-state index is 5.69. The van der Waals surface area contributed by atoms with E-state index in [1.165, 1.54) is 24.0 Å². The van der Waals surface area contributed by atoms with Gasteiger partial charge in [-0.2, -0.15) is 5.10 Å². The maximum atomic E-state index is 5.69. The first-order valence-electron chi connectivity index (χ1n) is 7.91. The molecule has 0 unspecified atom stereocenters. The molecule has 5 heteroatoms. The number of nitrogens with zero attached hydrogens (tertiary/aromatic N) is 3. The summed E-state index contributed by atoms with van der Waals surface area (Å²) >= 11 is 0. The van der Waals surface area contributed by atoms with E-state index >= 15 is 0 Å². The molecule has 2 aliphatic heterocycles. The monoisotopic (exact) mass is 299 g/mol. The third-order valence-corrected chi connectivity index (χ3v) is 4.47. The average Bonchev–Trinajstić information content (AvgIpc) is 3.16. The molecule has 0 amide bonds. The molecule has 5 nitrogen and oxygen atoms in total. The van der Waals surface area contributed by atoms with Crippen LogP contribution in [0.2, 0.25) is 0 Å². The second-order valence-corrected chi connectivity index (χ2v) is 6.05. The number of aromatic nitrogens is 2. The molecule has 0 bridgehead atoms. The summed E-state index contributed by atoms with van der Waals surface area (Å²) in [5.41, 5.74) is 2.59. The van der Waals surface area contributed by atoms with Gasteiger partial charge in [0.05, 0.1) is 6.20 Å². The highest BCUT2D eigenvalue weighted by Crippen LogP contribution is 2.35. The smallest absolute Gasteiger partial charge is 0.161 e. The topological polar surface area (TPSA) is 39.5 Å². The zero-order valence-corrected chi connectivity index (χ0v) is 12.9. The summed E-state index contributed by atoms with van der Waals surface area (Å²) in [5.74, 6) is 1.74. The summed E-state index contributed by atoms with van der Waals surface area (Å²) < 4.78 is 13.2. The fraction of sp³-hybridized carbons (Fsp3) is 0.471. The number of hydrogen-bond donors (Lipinski definition) is 0. The lowest BCUT2D eigenvalue weighted by atomic mass is 10.1. The van der Waals surface area contributed by atoms with Crippen LogP contribution in [0.3, 0.4) is 0 Å². The van der Waals surface area contributed by atoms with E-state index in [1.54, 1.807) is 0 Å². The van der Waals surface area contributed by atoms with Crippen molar-refractivity contribution in [1.29, 1.82) is 0 Å². The molecule has 0 saturated carbocycles. The third-order valence-electron chi connectivity index (χ3n) is 4.47. The van der Waals surface area contributed by atoms with Crippen molar-refractivity contribution in [1.82, 2.24) is 14.7 Å². The Morgan fingerprint density at radius 1 is 1.23 bits per heavy atom. The van der Waals surface area contributed by atoms with Gasteiger partial charge in [-0.3, -0.25) is 9.58 Å². The van der Waals surface area contributed by atoms with Crippen LogP contribution in [0, 0.1) is 0 Å². The Morgan fingerprint density at radius 3 is 2.91 bits per heavy atom. The predicted molar refractivity (Wildman–Crippen MR) is 83.0 cm³/mol. The third kappa shape index (κ3) is 2.57. The van der Waals surface area contributed by atoms with Crippen molar-refractivity contribution >= 4 is 0 Å². The van der Waals surface area contributed by atoms with E-state index in [9.17, 15) is 0 Å². The zero-order chi connectivity index (χ0) is 14.9. The molecule has 4 rings (SSSR count). The van der Waals surface area contributed by atoms with Gasteiger partial charge in [-0.05, 0) is 37.1 Å². The van der Waals surface area contributed by atoms with Gasteiger partial charge in [-0.15, -0.1) is 0 Å². The molecule has 22 heavy (non-hydrogen) atoms. The average molecular weight is 299 g/mol. The fourth-order valence-corrected chi connectivity index (χ4v) is 3.43. The zero-order valence-electron chi connectivity index (χ0n) is 12.9. The van der Waals surface area contributed by atoms with Crippen LogP contribution in [0.1, 0.15) is 30.0 Å². The lowest BCUT2D eigenvalue weighted by molar-refractivity contribution is 0.171. The van der Waals surface area contributed by atoms with E-state index in [-0.39, 0.29) is 0 Å². The van der Waals surface area contributed by atoms with Crippen LogP contribution >= 0.6 is 0 Å². The first-order chi connectivity index (χ1) is 10.8. The first kappa shape index (κ1) is 13.6. The summed E-state index contributed by atoms with van der Waals surface area (Å²) in [6.45, 7) is 3.35. The molecule has 116 valence electrons. The SMILES string of the molecule is Cn1cc([C@@H]2CCCN2Cc2ccc3c(c2)OCCO3)cn1. The van der Waals surface area contributed by atoms with E-state index in [2.05, 4.69) is 28.3 Å². The van der Waals surface area contributed by atoms with E-state index in [4.69, 9.17) is 9.47 Å². The second kappa shape index (κ2) is 5.65. The molecule has 0 N–H and O–H groups in total. The highest BCUT2D eigenvalue weighted by molar-refractivity contribution is 5.43. The van der Waals surface area contributed by atoms with Crippen molar-refractivity contribution in [3.05, 3.63) is 41.7 Å². The van der Waals surface area contributed by atoms with Crippen LogP contribution in [0.15, 0.2) is 30.6 Å². The van der Waals surface area contributed by atoms with Gasteiger partial charge < -0.3 is 9.47 Å². The summed E-state index contributed by atoms with van der Waals surface area (Å²) in [5, 5.41) is 4.31. The molecular formula is C17H21N3O2. The first-order valence-corrected chi connectivity index (χ1v) is 7.91. The number of fused-ring (bicyclic) bond motifs is 1. The minimum atomic E-state index is 0.474. The largest absolute Gasteiger partial charge is 0.486 e. The summed E-state index contributed by atoms with van der Waals surface area (Å²) in [6.07, 6.45) is 6.57. The van der Waals surface area contributed by atoms with E-state index < -0.39 is 0 Å². The minimum Gasteiger partial charge on any atom is -0.486 e. The Morgan fingerprint density at radius 2 is 2.09 bits per heavy atom. The standard InChI is InChI=1S/C17H21N3O2/c1-19-12-14(10-18-19)15-3-2-6-20(15)11-13-4-5-16-17(9-13)22-8-7-21-16/h4-5,9-10,12,15H,2-3,6-8,11H2,1H3/t15-/m0/s1.